The molecule has 2 unspecified atom stereocenters. The maximum atomic E-state index is 13.3. The van der Waals surface area contributed by atoms with E-state index in [9.17, 15) is 35.9 Å². The number of nitrogens with one attached hydrogen (secondary N) is 2. The van der Waals surface area contributed by atoms with Crippen LogP contribution in [0.1, 0.15) is 35.6 Å². The van der Waals surface area contributed by atoms with Gasteiger partial charge >= 0.3 is 18.4 Å². The van der Waals surface area contributed by atoms with Crippen molar-refractivity contribution in [1.29, 1.82) is 0 Å². The fourth-order valence-electron chi connectivity index (χ4n) is 3.23. The average molecular weight is 530 g/mol. The van der Waals surface area contributed by atoms with Crippen molar-refractivity contribution < 1.29 is 35.9 Å². The van der Waals surface area contributed by atoms with Gasteiger partial charge in [0.1, 0.15) is 6.04 Å². The third-order valence-corrected chi connectivity index (χ3v) is 5.52. The molecule has 15 heteroatoms. The number of carbonyl (C=O) groups excluding carboxylic acids is 2. The molecule has 2 atom stereocenters. The fraction of sp³-hybridized carbons (Fsp3) is 0.368. The normalized spacial score (nSPS) is 17.9. The van der Waals surface area contributed by atoms with Gasteiger partial charge in [0.15, 0.2) is 11.4 Å². The van der Waals surface area contributed by atoms with Crippen LogP contribution >= 0.6 is 23.2 Å². The summed E-state index contributed by atoms with van der Waals surface area (Å²) in [4.78, 5) is 32.7. The number of aromatic nitrogens is 2. The number of hydrogen-bond acceptors (Lipinski definition) is 4. The zero-order valence-corrected chi connectivity index (χ0v) is 18.6. The van der Waals surface area contributed by atoms with E-state index in [1.807, 2.05) is 0 Å². The maximum absolute atomic E-state index is 13.3. The number of hydrogen-bond donors (Lipinski definition) is 2. The minimum absolute atomic E-state index is 0.0827. The molecule has 0 saturated carbocycles. The van der Waals surface area contributed by atoms with E-state index in [1.54, 1.807) is 0 Å². The van der Waals surface area contributed by atoms with Gasteiger partial charge in [0.2, 0.25) is 5.91 Å². The van der Waals surface area contributed by atoms with Crippen molar-refractivity contribution in [3.8, 4) is 0 Å². The van der Waals surface area contributed by atoms with Crippen LogP contribution in [0.5, 0.6) is 0 Å². The summed E-state index contributed by atoms with van der Waals surface area (Å²) in [6, 6.07) is -0.503. The van der Waals surface area contributed by atoms with Crippen LogP contribution in [0.2, 0.25) is 10.0 Å². The Morgan fingerprint density at radius 1 is 1.15 bits per heavy atom. The molecule has 0 bridgehead atoms. The Bertz CT molecular complexity index is 1110. The van der Waals surface area contributed by atoms with Crippen LogP contribution in [0.15, 0.2) is 24.4 Å². The van der Waals surface area contributed by atoms with Gasteiger partial charge in [-0.1, -0.05) is 23.2 Å². The summed E-state index contributed by atoms with van der Waals surface area (Å²) in [5.74, 6) is -0.457. The summed E-state index contributed by atoms with van der Waals surface area (Å²) < 4.78 is 79.2. The molecule has 3 rings (SSSR count). The lowest BCUT2D eigenvalue weighted by Gasteiger charge is -2.34. The second-order valence-corrected chi connectivity index (χ2v) is 8.02. The lowest BCUT2D eigenvalue weighted by Crippen LogP contribution is -2.58. The van der Waals surface area contributed by atoms with Crippen LogP contribution in [-0.4, -0.2) is 45.9 Å². The minimum Gasteiger partial charge on any atom is -0.353 e. The molecule has 184 valence electrons. The third kappa shape index (κ3) is 5.46. The highest BCUT2D eigenvalue weighted by molar-refractivity contribution is 6.31. The Morgan fingerprint density at radius 2 is 1.79 bits per heavy atom. The number of alkyl halides is 6. The van der Waals surface area contributed by atoms with Gasteiger partial charge in [-0.05, 0) is 25.1 Å². The number of nitrogens with zero attached hydrogens (tertiary/aromatic N) is 3. The molecule has 0 aliphatic carbocycles. The molecular weight excluding hydrogens is 515 g/mol. The summed E-state index contributed by atoms with van der Waals surface area (Å²) in [6.45, 7) is 1.65. The van der Waals surface area contributed by atoms with Gasteiger partial charge in [0, 0.05) is 24.8 Å². The van der Waals surface area contributed by atoms with E-state index < -0.39 is 63.5 Å². The zero-order chi connectivity index (χ0) is 25.4. The minimum atomic E-state index is -4.95. The average Bonchev–Trinajstić information content (AvgIpc) is 2.72. The molecule has 2 aromatic heterocycles. The van der Waals surface area contributed by atoms with Crippen LogP contribution in [0.4, 0.5) is 31.1 Å². The predicted octanol–water partition coefficient (Wildman–Crippen LogP) is 4.44. The molecule has 3 heterocycles. The lowest BCUT2D eigenvalue weighted by molar-refractivity contribution is -0.142. The number of rotatable bonds is 3. The Hall–Kier alpha value is -2.80. The van der Waals surface area contributed by atoms with Gasteiger partial charge in [-0.15, -0.1) is 0 Å². The number of amides is 3. The number of carbonyl (C=O) groups is 2. The summed E-state index contributed by atoms with van der Waals surface area (Å²) in [6.07, 6.45) is -9.11. The summed E-state index contributed by atoms with van der Waals surface area (Å²) in [7, 11) is 0. The van der Waals surface area contributed by atoms with Crippen LogP contribution in [0, 0.1) is 0 Å². The number of halogens is 8. The van der Waals surface area contributed by atoms with Crippen LogP contribution in [0.3, 0.4) is 0 Å². The van der Waals surface area contributed by atoms with E-state index in [2.05, 4.69) is 20.6 Å². The molecule has 0 spiro atoms. The third-order valence-electron chi connectivity index (χ3n) is 4.92. The SMILES string of the molecule is CC1C(=O)NCCN1C(=O)NC(c1cnc(C(F)(F)F)c(Cl)c1)c1ccc(Cl)c(C(F)(F)F)n1. The smallest absolute Gasteiger partial charge is 0.353 e. The van der Waals surface area contributed by atoms with Crippen molar-refractivity contribution >= 4 is 35.1 Å². The van der Waals surface area contributed by atoms with Gasteiger partial charge < -0.3 is 15.5 Å². The molecule has 2 aromatic rings. The number of pyridine rings is 2. The first-order chi connectivity index (χ1) is 15.7. The van der Waals surface area contributed by atoms with E-state index in [4.69, 9.17) is 23.2 Å². The molecule has 0 aromatic carbocycles. The highest BCUT2D eigenvalue weighted by Gasteiger charge is 2.38. The molecule has 1 aliphatic heterocycles. The monoisotopic (exact) mass is 529 g/mol. The topological polar surface area (TPSA) is 87.2 Å². The van der Waals surface area contributed by atoms with E-state index >= 15 is 0 Å². The van der Waals surface area contributed by atoms with Gasteiger partial charge in [0.25, 0.3) is 0 Å². The van der Waals surface area contributed by atoms with Crippen molar-refractivity contribution in [2.24, 2.45) is 0 Å². The van der Waals surface area contributed by atoms with Crippen molar-refractivity contribution in [1.82, 2.24) is 25.5 Å². The molecule has 2 N–H and O–H groups in total. The first-order valence-corrected chi connectivity index (χ1v) is 10.3. The Morgan fingerprint density at radius 3 is 2.38 bits per heavy atom. The summed E-state index contributed by atoms with van der Waals surface area (Å²) in [5.41, 5.74) is -3.44. The Kier molecular flexibility index (Phi) is 7.18. The fourth-order valence-corrected chi connectivity index (χ4v) is 3.72. The quantitative estimate of drug-likeness (QED) is 0.575. The van der Waals surface area contributed by atoms with Crippen LogP contribution in [0.25, 0.3) is 0 Å². The Balaban J connectivity index is 2.07. The second-order valence-electron chi connectivity index (χ2n) is 7.20. The van der Waals surface area contributed by atoms with Gasteiger partial charge in [-0.25, -0.2) is 14.8 Å². The van der Waals surface area contributed by atoms with Gasteiger partial charge in [-0.2, -0.15) is 26.3 Å². The van der Waals surface area contributed by atoms with Crippen molar-refractivity contribution in [3.05, 3.63) is 57.1 Å². The van der Waals surface area contributed by atoms with E-state index in [0.717, 1.165) is 29.3 Å². The maximum Gasteiger partial charge on any atom is 0.434 e. The molecule has 1 aliphatic rings. The molecule has 0 radical (unpaired) electrons. The highest BCUT2D eigenvalue weighted by Crippen LogP contribution is 2.37. The standard InChI is InChI=1S/C19H15Cl2F6N5O2/c1-8-16(33)28-4-5-32(8)17(34)31-13(9-6-11(21)14(29-7-9)18(22,23)24)12-3-2-10(20)15(30-12)19(25,26)27/h2-3,6-8,13H,4-5H2,1H3,(H,28,33)(H,31,34). The zero-order valence-electron chi connectivity index (χ0n) is 17.1. The molecule has 7 nitrogen and oxygen atoms in total. The predicted molar refractivity (Wildman–Crippen MR) is 108 cm³/mol. The molecule has 1 saturated heterocycles. The second kappa shape index (κ2) is 9.45. The lowest BCUT2D eigenvalue weighted by atomic mass is 10.0. The summed E-state index contributed by atoms with van der Waals surface area (Å²) in [5, 5.41) is 3.40. The van der Waals surface area contributed by atoms with Gasteiger partial charge in [-0.3, -0.25) is 4.79 Å². The first kappa shape index (κ1) is 25.8. The largest absolute Gasteiger partial charge is 0.434 e. The Labute approximate surface area is 198 Å². The van der Waals surface area contributed by atoms with E-state index in [1.165, 1.54) is 6.92 Å². The van der Waals surface area contributed by atoms with Crippen LogP contribution < -0.4 is 10.6 Å². The summed E-state index contributed by atoms with van der Waals surface area (Å²) >= 11 is 11.3. The van der Waals surface area contributed by atoms with Crippen LogP contribution in [-0.2, 0) is 17.1 Å². The van der Waals surface area contributed by atoms with Crippen molar-refractivity contribution in [2.45, 2.75) is 31.4 Å². The van der Waals surface area contributed by atoms with E-state index in [-0.39, 0.29) is 18.7 Å². The molecular formula is C19H15Cl2F6N5O2. The van der Waals surface area contributed by atoms with Crippen molar-refractivity contribution in [2.75, 3.05) is 13.1 Å². The van der Waals surface area contributed by atoms with Gasteiger partial charge in [0.05, 0.1) is 21.8 Å². The van der Waals surface area contributed by atoms with E-state index in [0.29, 0.717) is 0 Å². The number of urea groups is 1. The van der Waals surface area contributed by atoms with Crippen molar-refractivity contribution in [3.63, 3.8) is 0 Å². The number of piperazine rings is 1. The molecule has 3 amide bonds. The highest BCUT2D eigenvalue weighted by atomic mass is 35.5. The molecule has 34 heavy (non-hydrogen) atoms. The first-order valence-electron chi connectivity index (χ1n) is 9.51. The molecule has 1 fully saturated rings.